The van der Waals surface area contributed by atoms with Crippen molar-refractivity contribution >= 4 is 28.1 Å². The number of benzene rings is 3. The predicted octanol–water partition coefficient (Wildman–Crippen LogP) is 3.81. The average molecular weight is 280 g/mol. The van der Waals surface area contributed by atoms with Crippen LogP contribution in [0.4, 0.5) is 15.8 Å². The highest BCUT2D eigenvalue weighted by atomic mass is 19.1. The van der Waals surface area contributed by atoms with Crippen molar-refractivity contribution in [2.24, 2.45) is 0 Å². The molecule has 0 aromatic heterocycles. The molecular formula is C17H13FN2O. The number of fused-ring (bicyclic) bond motifs is 1. The molecule has 0 aliphatic carbocycles. The van der Waals surface area contributed by atoms with E-state index in [1.165, 1.54) is 12.1 Å². The van der Waals surface area contributed by atoms with Gasteiger partial charge in [0, 0.05) is 22.3 Å². The minimum absolute atomic E-state index is 0.195. The molecule has 0 atom stereocenters. The second-order valence-corrected chi connectivity index (χ2v) is 4.75. The number of hydrogen-bond donors (Lipinski definition) is 2. The summed E-state index contributed by atoms with van der Waals surface area (Å²) in [6.07, 6.45) is 0. The first-order valence-corrected chi connectivity index (χ1v) is 6.49. The molecule has 0 saturated carbocycles. The molecule has 1 amide bonds. The van der Waals surface area contributed by atoms with Gasteiger partial charge in [-0.05, 0) is 29.7 Å². The predicted molar refractivity (Wildman–Crippen MR) is 82.7 cm³/mol. The molecule has 0 fully saturated rings. The van der Waals surface area contributed by atoms with Crippen molar-refractivity contribution in [2.75, 3.05) is 11.1 Å². The molecule has 3 aromatic rings. The summed E-state index contributed by atoms with van der Waals surface area (Å²) in [5.74, 6) is -0.921. The molecule has 3 nitrogen and oxygen atoms in total. The molecule has 4 heteroatoms. The third kappa shape index (κ3) is 2.69. The molecule has 0 saturated heterocycles. The van der Waals surface area contributed by atoms with Crippen LogP contribution in [0.25, 0.3) is 10.8 Å². The van der Waals surface area contributed by atoms with E-state index in [0.29, 0.717) is 5.69 Å². The highest BCUT2D eigenvalue weighted by molar-refractivity contribution is 6.09. The number of carbonyl (C=O) groups excluding carboxylic acids is 1. The van der Waals surface area contributed by atoms with Crippen LogP contribution in [-0.4, -0.2) is 5.91 Å². The topological polar surface area (TPSA) is 55.1 Å². The SMILES string of the molecule is Nc1cc(F)cc(C(=O)Nc2cccc3ccccc23)c1. The minimum Gasteiger partial charge on any atom is -0.399 e. The lowest BCUT2D eigenvalue weighted by molar-refractivity contribution is 0.102. The number of amides is 1. The first-order valence-electron chi connectivity index (χ1n) is 6.49. The number of nitrogens with one attached hydrogen (secondary N) is 1. The summed E-state index contributed by atoms with van der Waals surface area (Å²) in [5, 5.41) is 4.75. The molecule has 104 valence electrons. The molecule has 3 rings (SSSR count). The van der Waals surface area contributed by atoms with E-state index in [0.717, 1.165) is 16.8 Å². The monoisotopic (exact) mass is 280 g/mol. The largest absolute Gasteiger partial charge is 0.399 e. The van der Waals surface area contributed by atoms with E-state index in [-0.39, 0.29) is 11.3 Å². The van der Waals surface area contributed by atoms with Crippen LogP contribution in [0, 0.1) is 5.82 Å². The fourth-order valence-corrected chi connectivity index (χ4v) is 2.27. The van der Waals surface area contributed by atoms with Gasteiger partial charge in [0.2, 0.25) is 0 Å². The zero-order chi connectivity index (χ0) is 14.8. The summed E-state index contributed by atoms with van der Waals surface area (Å²) in [6.45, 7) is 0. The molecule has 3 N–H and O–H groups in total. The number of hydrogen-bond acceptors (Lipinski definition) is 2. The number of rotatable bonds is 2. The summed E-state index contributed by atoms with van der Waals surface area (Å²) >= 11 is 0. The molecule has 0 aliphatic heterocycles. The van der Waals surface area contributed by atoms with Crippen molar-refractivity contribution in [2.45, 2.75) is 0 Å². The number of halogens is 1. The maximum Gasteiger partial charge on any atom is 0.255 e. The van der Waals surface area contributed by atoms with Gasteiger partial charge in [0.05, 0.1) is 0 Å². The van der Waals surface area contributed by atoms with Gasteiger partial charge >= 0.3 is 0 Å². The van der Waals surface area contributed by atoms with Crippen LogP contribution in [-0.2, 0) is 0 Å². The quantitative estimate of drug-likeness (QED) is 0.701. The van der Waals surface area contributed by atoms with Crippen LogP contribution < -0.4 is 11.1 Å². The van der Waals surface area contributed by atoms with Crippen LogP contribution in [0.2, 0.25) is 0 Å². The third-order valence-corrected chi connectivity index (χ3v) is 3.22. The number of carbonyl (C=O) groups is 1. The van der Waals surface area contributed by atoms with Crippen LogP contribution >= 0.6 is 0 Å². The van der Waals surface area contributed by atoms with Gasteiger partial charge in [0.1, 0.15) is 5.82 Å². The van der Waals surface area contributed by atoms with Crippen LogP contribution in [0.1, 0.15) is 10.4 Å². The Morgan fingerprint density at radius 2 is 1.76 bits per heavy atom. The van der Waals surface area contributed by atoms with E-state index in [1.807, 2.05) is 42.5 Å². The van der Waals surface area contributed by atoms with Gasteiger partial charge in [-0.2, -0.15) is 0 Å². The van der Waals surface area contributed by atoms with Gasteiger partial charge in [-0.1, -0.05) is 36.4 Å². The molecule has 0 heterocycles. The highest BCUT2D eigenvalue weighted by Crippen LogP contribution is 2.23. The van der Waals surface area contributed by atoms with E-state index >= 15 is 0 Å². The maximum absolute atomic E-state index is 13.3. The smallest absolute Gasteiger partial charge is 0.255 e. The Balaban J connectivity index is 1.96. The molecule has 0 radical (unpaired) electrons. The van der Waals surface area contributed by atoms with Crippen LogP contribution in [0.15, 0.2) is 60.7 Å². The zero-order valence-electron chi connectivity index (χ0n) is 11.1. The average Bonchev–Trinajstić information content (AvgIpc) is 2.46. The Kier molecular flexibility index (Phi) is 3.28. The molecule has 3 aromatic carbocycles. The molecule has 0 aliphatic rings. The summed E-state index contributed by atoms with van der Waals surface area (Å²) in [6, 6.07) is 17.1. The Hall–Kier alpha value is -2.88. The maximum atomic E-state index is 13.3. The van der Waals surface area contributed by atoms with E-state index in [9.17, 15) is 9.18 Å². The second-order valence-electron chi connectivity index (χ2n) is 4.75. The first-order chi connectivity index (χ1) is 10.1. The molecule has 0 spiro atoms. The highest BCUT2D eigenvalue weighted by Gasteiger charge is 2.10. The fourth-order valence-electron chi connectivity index (χ4n) is 2.27. The summed E-state index contributed by atoms with van der Waals surface area (Å²) in [7, 11) is 0. The van der Waals surface area contributed by atoms with Crippen molar-refractivity contribution < 1.29 is 9.18 Å². The molecule has 0 bridgehead atoms. The minimum atomic E-state index is -0.530. The van der Waals surface area contributed by atoms with Crippen molar-refractivity contribution in [1.29, 1.82) is 0 Å². The Labute approximate surface area is 121 Å². The normalized spacial score (nSPS) is 10.5. The van der Waals surface area contributed by atoms with Gasteiger partial charge in [-0.3, -0.25) is 4.79 Å². The Morgan fingerprint density at radius 3 is 2.57 bits per heavy atom. The lowest BCUT2D eigenvalue weighted by Gasteiger charge is -2.09. The molecular weight excluding hydrogens is 267 g/mol. The second kappa shape index (κ2) is 5.25. The van der Waals surface area contributed by atoms with Crippen molar-refractivity contribution in [3.8, 4) is 0 Å². The molecule has 21 heavy (non-hydrogen) atoms. The Bertz CT molecular complexity index is 804. The lowest BCUT2D eigenvalue weighted by atomic mass is 10.1. The van der Waals surface area contributed by atoms with Crippen molar-refractivity contribution in [3.63, 3.8) is 0 Å². The summed E-state index contributed by atoms with van der Waals surface area (Å²) < 4.78 is 13.3. The lowest BCUT2D eigenvalue weighted by Crippen LogP contribution is -2.12. The van der Waals surface area contributed by atoms with Gasteiger partial charge in [0.25, 0.3) is 5.91 Å². The van der Waals surface area contributed by atoms with Crippen molar-refractivity contribution in [1.82, 2.24) is 0 Å². The first kappa shape index (κ1) is 13.1. The standard InChI is InChI=1S/C17H13FN2O/c18-13-8-12(9-14(19)10-13)17(21)20-16-7-3-5-11-4-1-2-6-15(11)16/h1-10H,19H2,(H,20,21). The summed E-state index contributed by atoms with van der Waals surface area (Å²) in [5.41, 5.74) is 6.66. The van der Waals surface area contributed by atoms with Gasteiger partial charge in [-0.25, -0.2) is 4.39 Å². The van der Waals surface area contributed by atoms with Crippen LogP contribution in [0.3, 0.4) is 0 Å². The fraction of sp³-hybridized carbons (Fsp3) is 0. The van der Waals surface area contributed by atoms with E-state index in [2.05, 4.69) is 5.32 Å². The molecule has 0 unspecified atom stereocenters. The zero-order valence-corrected chi connectivity index (χ0v) is 11.1. The number of anilines is 2. The van der Waals surface area contributed by atoms with E-state index in [1.54, 1.807) is 0 Å². The third-order valence-electron chi connectivity index (χ3n) is 3.22. The van der Waals surface area contributed by atoms with Crippen LogP contribution in [0.5, 0.6) is 0 Å². The van der Waals surface area contributed by atoms with E-state index in [4.69, 9.17) is 5.73 Å². The van der Waals surface area contributed by atoms with Gasteiger partial charge < -0.3 is 11.1 Å². The van der Waals surface area contributed by atoms with Crippen molar-refractivity contribution in [3.05, 3.63) is 72.0 Å². The van der Waals surface area contributed by atoms with Gasteiger partial charge in [0.15, 0.2) is 0 Å². The Morgan fingerprint density at radius 1 is 1.00 bits per heavy atom. The van der Waals surface area contributed by atoms with E-state index < -0.39 is 11.7 Å². The summed E-state index contributed by atoms with van der Waals surface area (Å²) in [4.78, 5) is 12.2. The van der Waals surface area contributed by atoms with Gasteiger partial charge in [-0.15, -0.1) is 0 Å². The number of nitrogens with two attached hydrogens (primary N) is 1. The number of nitrogen functional groups attached to an aromatic ring is 1.